The zero-order valence-corrected chi connectivity index (χ0v) is 18.5. The van der Waals surface area contributed by atoms with Crippen LogP contribution in [-0.4, -0.2) is 42.0 Å². The number of piperidine rings is 1. The van der Waals surface area contributed by atoms with Gasteiger partial charge in [-0.05, 0) is 61.2 Å². The number of nitrogens with one attached hydrogen (secondary N) is 1. The smallest absolute Gasteiger partial charge is 0.253 e. The molecule has 0 atom stereocenters. The number of hydrogen-bond acceptors (Lipinski definition) is 4. The number of likely N-dealkylation sites (tertiary alicyclic amines) is 1. The van der Waals surface area contributed by atoms with Crippen molar-refractivity contribution in [2.45, 2.75) is 32.4 Å². The molecule has 5 nitrogen and oxygen atoms in total. The van der Waals surface area contributed by atoms with Gasteiger partial charge in [0.05, 0.1) is 18.4 Å². The number of carbonyl (C=O) groups is 1. The average Bonchev–Trinajstić information content (AvgIpc) is 2.80. The second-order valence-electron chi connectivity index (χ2n) is 8.27. The molecule has 3 aromatic rings. The first-order valence-corrected chi connectivity index (χ1v) is 10.9. The molecule has 1 fully saturated rings. The van der Waals surface area contributed by atoms with Crippen LogP contribution < -0.4 is 10.1 Å². The van der Waals surface area contributed by atoms with Crippen LogP contribution in [0.25, 0.3) is 11.3 Å². The molecule has 0 radical (unpaired) electrons. The lowest BCUT2D eigenvalue weighted by molar-refractivity contribution is 0.0908. The van der Waals surface area contributed by atoms with Gasteiger partial charge in [0.1, 0.15) is 11.6 Å². The maximum absolute atomic E-state index is 13.4. The summed E-state index contributed by atoms with van der Waals surface area (Å²) in [4.78, 5) is 19.4. The maximum atomic E-state index is 13.4. The van der Waals surface area contributed by atoms with E-state index in [1.54, 1.807) is 37.6 Å². The number of carbonyl (C=O) groups excluding carboxylic acids is 1. The van der Waals surface area contributed by atoms with Gasteiger partial charge >= 0.3 is 0 Å². The minimum absolute atomic E-state index is 0.118. The Kier molecular flexibility index (Phi) is 6.81. The van der Waals surface area contributed by atoms with Crippen molar-refractivity contribution in [3.05, 3.63) is 83.3 Å². The molecular formula is C26H28FN3O2. The summed E-state index contributed by atoms with van der Waals surface area (Å²) in [6.45, 7) is 4.83. The van der Waals surface area contributed by atoms with Crippen molar-refractivity contribution in [1.82, 2.24) is 15.2 Å². The van der Waals surface area contributed by atoms with E-state index < -0.39 is 0 Å². The quantitative estimate of drug-likeness (QED) is 0.617. The van der Waals surface area contributed by atoms with Crippen LogP contribution in [-0.2, 0) is 6.54 Å². The average molecular weight is 434 g/mol. The predicted octanol–water partition coefficient (Wildman–Crippen LogP) is 4.60. The monoisotopic (exact) mass is 433 g/mol. The lowest BCUT2D eigenvalue weighted by Gasteiger charge is -2.32. The fourth-order valence-corrected chi connectivity index (χ4v) is 4.15. The Balaban J connectivity index is 1.28. The number of methoxy groups -OCH3 is 1. The summed E-state index contributed by atoms with van der Waals surface area (Å²) < 4.78 is 18.8. The van der Waals surface area contributed by atoms with E-state index in [1.165, 1.54) is 17.7 Å². The molecule has 4 rings (SSSR count). The van der Waals surface area contributed by atoms with Gasteiger partial charge in [-0.1, -0.05) is 24.3 Å². The molecule has 1 aromatic heterocycles. The third-order valence-corrected chi connectivity index (χ3v) is 5.93. The highest BCUT2D eigenvalue weighted by Crippen LogP contribution is 2.21. The Morgan fingerprint density at radius 2 is 1.97 bits per heavy atom. The first-order valence-electron chi connectivity index (χ1n) is 10.9. The molecule has 1 aliphatic heterocycles. The summed E-state index contributed by atoms with van der Waals surface area (Å²) in [5, 5.41) is 3.13. The van der Waals surface area contributed by atoms with Gasteiger partial charge in [0.2, 0.25) is 0 Å². The Morgan fingerprint density at radius 3 is 2.62 bits per heavy atom. The number of aromatic nitrogens is 1. The van der Waals surface area contributed by atoms with Gasteiger partial charge in [0.15, 0.2) is 0 Å². The van der Waals surface area contributed by atoms with E-state index in [2.05, 4.69) is 34.3 Å². The van der Waals surface area contributed by atoms with E-state index >= 15 is 0 Å². The zero-order valence-electron chi connectivity index (χ0n) is 18.5. The van der Waals surface area contributed by atoms with E-state index in [4.69, 9.17) is 4.74 Å². The third kappa shape index (κ3) is 5.32. The minimum atomic E-state index is -0.306. The van der Waals surface area contributed by atoms with Crippen LogP contribution in [0.3, 0.4) is 0 Å². The molecule has 2 heterocycles. The first kappa shape index (κ1) is 22.0. The molecule has 32 heavy (non-hydrogen) atoms. The Bertz CT molecular complexity index is 1080. The van der Waals surface area contributed by atoms with Crippen LogP contribution in [0, 0.1) is 12.7 Å². The van der Waals surface area contributed by atoms with Crippen LogP contribution in [0.1, 0.15) is 34.3 Å². The summed E-state index contributed by atoms with van der Waals surface area (Å²) in [6, 6.07) is 16.2. The number of ether oxygens (including phenoxy) is 1. The Labute approximate surface area is 188 Å². The van der Waals surface area contributed by atoms with Crippen molar-refractivity contribution in [1.29, 1.82) is 0 Å². The van der Waals surface area contributed by atoms with Gasteiger partial charge in [0, 0.05) is 37.4 Å². The number of aryl methyl sites for hydroxylation is 1. The first-order chi connectivity index (χ1) is 15.5. The molecule has 0 saturated carbocycles. The van der Waals surface area contributed by atoms with E-state index in [-0.39, 0.29) is 17.8 Å². The molecule has 1 saturated heterocycles. The van der Waals surface area contributed by atoms with Gasteiger partial charge in [-0.15, -0.1) is 0 Å². The largest absolute Gasteiger partial charge is 0.496 e. The van der Waals surface area contributed by atoms with E-state index in [0.717, 1.165) is 43.8 Å². The number of benzene rings is 2. The van der Waals surface area contributed by atoms with Crippen LogP contribution in [0.2, 0.25) is 0 Å². The zero-order chi connectivity index (χ0) is 22.5. The van der Waals surface area contributed by atoms with Gasteiger partial charge in [-0.2, -0.15) is 0 Å². The number of nitrogens with zero attached hydrogens (tertiary/aromatic N) is 2. The minimum Gasteiger partial charge on any atom is -0.496 e. The molecule has 1 aliphatic rings. The molecule has 0 aliphatic carbocycles. The van der Waals surface area contributed by atoms with Gasteiger partial charge < -0.3 is 10.1 Å². The van der Waals surface area contributed by atoms with Gasteiger partial charge in [-0.25, -0.2) is 4.39 Å². The topological polar surface area (TPSA) is 54.5 Å². The molecule has 0 bridgehead atoms. The third-order valence-electron chi connectivity index (χ3n) is 5.93. The van der Waals surface area contributed by atoms with Crippen molar-refractivity contribution in [3.63, 3.8) is 0 Å². The second-order valence-corrected chi connectivity index (χ2v) is 8.27. The highest BCUT2D eigenvalue weighted by atomic mass is 19.1. The summed E-state index contributed by atoms with van der Waals surface area (Å²) >= 11 is 0. The standard InChI is InChI=1S/C26H28FN3O2/c1-18-14-19(6-9-25(18)32-2)17-30-12-10-23(11-13-30)29-26(31)21-7-8-24(28-16-21)20-4-3-5-22(27)15-20/h3-9,14-16,23H,10-13,17H2,1-2H3,(H,29,31). The molecule has 166 valence electrons. The van der Waals surface area contributed by atoms with Gasteiger partial charge in [0.25, 0.3) is 5.91 Å². The Morgan fingerprint density at radius 1 is 1.16 bits per heavy atom. The highest BCUT2D eigenvalue weighted by Gasteiger charge is 2.21. The molecule has 2 aromatic carbocycles. The van der Waals surface area contributed by atoms with Crippen molar-refractivity contribution < 1.29 is 13.9 Å². The highest BCUT2D eigenvalue weighted by molar-refractivity contribution is 5.94. The molecule has 6 heteroatoms. The van der Waals surface area contributed by atoms with Crippen molar-refractivity contribution in [2.75, 3.05) is 20.2 Å². The molecular weight excluding hydrogens is 405 g/mol. The van der Waals surface area contributed by atoms with Crippen LogP contribution in [0.5, 0.6) is 5.75 Å². The lowest BCUT2D eigenvalue weighted by atomic mass is 10.0. The molecule has 1 N–H and O–H groups in total. The molecule has 0 spiro atoms. The fraction of sp³-hybridized carbons (Fsp3) is 0.308. The summed E-state index contributed by atoms with van der Waals surface area (Å²) in [7, 11) is 1.69. The van der Waals surface area contributed by atoms with E-state index in [0.29, 0.717) is 16.8 Å². The number of halogens is 1. The fourth-order valence-electron chi connectivity index (χ4n) is 4.15. The van der Waals surface area contributed by atoms with Crippen molar-refractivity contribution in [2.24, 2.45) is 0 Å². The van der Waals surface area contributed by atoms with E-state index in [9.17, 15) is 9.18 Å². The SMILES string of the molecule is COc1ccc(CN2CCC(NC(=O)c3ccc(-c4cccc(F)c4)nc3)CC2)cc1C. The van der Waals surface area contributed by atoms with Crippen molar-refractivity contribution >= 4 is 5.91 Å². The van der Waals surface area contributed by atoms with E-state index in [1.807, 2.05) is 6.07 Å². The van der Waals surface area contributed by atoms with Gasteiger partial charge in [-0.3, -0.25) is 14.7 Å². The number of rotatable bonds is 6. The predicted molar refractivity (Wildman–Crippen MR) is 123 cm³/mol. The van der Waals surface area contributed by atoms with Crippen LogP contribution >= 0.6 is 0 Å². The Hall–Kier alpha value is -3.25. The number of amides is 1. The number of pyridine rings is 1. The van der Waals surface area contributed by atoms with Crippen LogP contribution in [0.15, 0.2) is 60.8 Å². The van der Waals surface area contributed by atoms with Crippen LogP contribution in [0.4, 0.5) is 4.39 Å². The summed E-state index contributed by atoms with van der Waals surface area (Å²) in [5.41, 5.74) is 4.26. The molecule has 0 unspecified atom stereocenters. The second kappa shape index (κ2) is 9.92. The maximum Gasteiger partial charge on any atom is 0.253 e. The van der Waals surface area contributed by atoms with Crippen molar-refractivity contribution in [3.8, 4) is 17.0 Å². The molecule has 1 amide bonds. The summed E-state index contributed by atoms with van der Waals surface area (Å²) in [5.74, 6) is 0.487. The normalized spacial score (nSPS) is 14.8. The lowest BCUT2D eigenvalue weighted by Crippen LogP contribution is -2.44. The summed E-state index contributed by atoms with van der Waals surface area (Å²) in [6.07, 6.45) is 3.38. The number of hydrogen-bond donors (Lipinski definition) is 1.